The van der Waals surface area contributed by atoms with Gasteiger partial charge in [-0.2, -0.15) is 0 Å². The highest BCUT2D eigenvalue weighted by atomic mass is 32.2. The Kier molecular flexibility index (Phi) is 4.54. The van der Waals surface area contributed by atoms with Gasteiger partial charge < -0.3 is 15.4 Å². The zero-order chi connectivity index (χ0) is 17.3. The number of carbonyl (C=O) groups is 3. The molecule has 24 heavy (non-hydrogen) atoms. The van der Waals surface area contributed by atoms with E-state index in [1.54, 1.807) is 30.0 Å². The largest absolute Gasteiger partial charge is 0.465 e. The van der Waals surface area contributed by atoms with Crippen LogP contribution in [0.3, 0.4) is 0 Å². The summed E-state index contributed by atoms with van der Waals surface area (Å²) in [5.41, 5.74) is 2.00. The summed E-state index contributed by atoms with van der Waals surface area (Å²) >= 11 is 1.54. The van der Waals surface area contributed by atoms with Gasteiger partial charge in [-0.1, -0.05) is 0 Å². The minimum Gasteiger partial charge on any atom is -0.465 e. The monoisotopic (exact) mass is 348 g/mol. The van der Waals surface area contributed by atoms with Crippen molar-refractivity contribution in [3.8, 4) is 0 Å². The highest BCUT2D eigenvalue weighted by molar-refractivity contribution is 8.01. The summed E-state index contributed by atoms with van der Waals surface area (Å²) < 4.78 is 4.37. The topological polar surface area (TPSA) is 84.5 Å². The van der Waals surface area contributed by atoms with Crippen molar-refractivity contribution < 1.29 is 19.1 Å². The molecule has 0 bridgehead atoms. The number of fused-ring (bicyclic) bond motifs is 1. The third-order valence-electron chi connectivity index (χ3n) is 4.62. The number of hydrogen-bond acceptors (Lipinski definition) is 5. The second kappa shape index (κ2) is 6.47. The fourth-order valence-corrected chi connectivity index (χ4v) is 3.64. The average molecular weight is 348 g/mol. The number of aryl methyl sites for hydroxylation is 1. The number of ether oxygens (including phenoxy) is 1. The van der Waals surface area contributed by atoms with Crippen LogP contribution in [0.25, 0.3) is 0 Å². The smallest absolute Gasteiger partial charge is 0.337 e. The first kappa shape index (κ1) is 16.8. The summed E-state index contributed by atoms with van der Waals surface area (Å²) in [6, 6.07) is 4.50. The fraction of sp³-hybridized carbons (Fsp3) is 0.471. The molecule has 0 radical (unpaired) electrons. The quantitative estimate of drug-likeness (QED) is 0.810. The number of anilines is 1. The van der Waals surface area contributed by atoms with E-state index in [9.17, 15) is 14.4 Å². The summed E-state index contributed by atoms with van der Waals surface area (Å²) in [7, 11) is 1.33. The molecular formula is C17H20N2O4S. The SMILES string of the molecule is COC(=O)c1ccc2c(c1)CCC(NC(=O)C1(SC)CC1)C(=O)N2. The molecule has 0 aromatic heterocycles. The first-order valence-corrected chi connectivity index (χ1v) is 9.10. The number of hydrogen-bond donors (Lipinski definition) is 2. The van der Waals surface area contributed by atoms with Crippen molar-refractivity contribution in [3.63, 3.8) is 0 Å². The molecule has 1 saturated carbocycles. The second-order valence-corrected chi connectivity index (χ2v) is 7.31. The van der Waals surface area contributed by atoms with Gasteiger partial charge in [-0.15, -0.1) is 11.8 Å². The van der Waals surface area contributed by atoms with E-state index in [0.29, 0.717) is 24.1 Å². The van der Waals surface area contributed by atoms with Gasteiger partial charge in [0, 0.05) is 5.69 Å². The molecule has 1 aliphatic heterocycles. The van der Waals surface area contributed by atoms with Gasteiger partial charge in [-0.05, 0) is 55.7 Å². The number of nitrogens with one attached hydrogen (secondary N) is 2. The van der Waals surface area contributed by atoms with E-state index in [0.717, 1.165) is 18.4 Å². The van der Waals surface area contributed by atoms with Crippen molar-refractivity contribution in [1.29, 1.82) is 0 Å². The number of rotatable bonds is 4. The molecule has 1 aromatic rings. The van der Waals surface area contributed by atoms with E-state index >= 15 is 0 Å². The van der Waals surface area contributed by atoms with Crippen molar-refractivity contribution >= 4 is 35.2 Å². The molecule has 2 N–H and O–H groups in total. The lowest BCUT2D eigenvalue weighted by Crippen LogP contribution is -2.47. The molecule has 3 rings (SSSR count). The number of esters is 1. The number of amides is 2. The van der Waals surface area contributed by atoms with E-state index in [4.69, 9.17) is 4.74 Å². The molecule has 1 atom stereocenters. The molecule has 1 aromatic carbocycles. The Labute approximate surface area is 144 Å². The second-order valence-electron chi connectivity index (χ2n) is 6.12. The van der Waals surface area contributed by atoms with Crippen LogP contribution in [-0.4, -0.2) is 41.9 Å². The normalized spacial score (nSPS) is 21.1. The standard InChI is InChI=1S/C17H20N2O4S/c1-23-15(21)11-4-5-12-10(9-11)3-6-13(14(20)18-12)19-16(22)17(24-2)7-8-17/h4-5,9,13H,3,6-8H2,1-2H3,(H,18,20)(H,19,22). The highest BCUT2D eigenvalue weighted by Gasteiger charge is 2.50. The summed E-state index contributed by atoms with van der Waals surface area (Å²) in [5, 5.41) is 5.72. The number of carbonyl (C=O) groups excluding carboxylic acids is 3. The predicted molar refractivity (Wildman–Crippen MR) is 92.1 cm³/mol. The number of benzene rings is 1. The van der Waals surface area contributed by atoms with Crippen LogP contribution in [0.2, 0.25) is 0 Å². The van der Waals surface area contributed by atoms with Crippen LogP contribution in [0.4, 0.5) is 5.69 Å². The van der Waals surface area contributed by atoms with Gasteiger partial charge in [0.25, 0.3) is 0 Å². The molecular weight excluding hydrogens is 328 g/mol. The van der Waals surface area contributed by atoms with Gasteiger partial charge in [0.05, 0.1) is 17.4 Å². The Morgan fingerprint density at radius 3 is 2.75 bits per heavy atom. The zero-order valence-corrected chi connectivity index (χ0v) is 14.5. The fourth-order valence-electron chi connectivity index (χ4n) is 2.88. The van der Waals surface area contributed by atoms with Gasteiger partial charge in [0.1, 0.15) is 6.04 Å². The number of thioether (sulfide) groups is 1. The first-order chi connectivity index (χ1) is 11.5. The molecule has 2 aliphatic rings. The van der Waals surface area contributed by atoms with Crippen LogP contribution in [0, 0.1) is 0 Å². The molecule has 0 spiro atoms. The zero-order valence-electron chi connectivity index (χ0n) is 13.7. The maximum absolute atomic E-state index is 12.4. The summed E-state index contributed by atoms with van der Waals surface area (Å²) in [5.74, 6) is -0.685. The Morgan fingerprint density at radius 1 is 1.38 bits per heavy atom. The maximum atomic E-state index is 12.4. The van der Waals surface area contributed by atoms with Crippen LogP contribution in [0.1, 0.15) is 35.2 Å². The molecule has 0 saturated heterocycles. The summed E-state index contributed by atoms with van der Waals surface area (Å²) in [6.07, 6.45) is 4.73. The average Bonchev–Trinajstić information content (AvgIpc) is 3.40. The van der Waals surface area contributed by atoms with Crippen molar-refractivity contribution in [2.45, 2.75) is 36.5 Å². The van der Waals surface area contributed by atoms with Crippen LogP contribution in [0.15, 0.2) is 18.2 Å². The highest BCUT2D eigenvalue weighted by Crippen LogP contribution is 2.47. The Bertz CT molecular complexity index is 700. The van der Waals surface area contributed by atoms with Gasteiger partial charge in [-0.25, -0.2) is 4.79 Å². The Balaban J connectivity index is 1.73. The van der Waals surface area contributed by atoms with Crippen molar-refractivity contribution in [2.75, 3.05) is 18.7 Å². The Morgan fingerprint density at radius 2 is 2.12 bits per heavy atom. The molecule has 7 heteroatoms. The predicted octanol–water partition coefficient (Wildman–Crippen LogP) is 1.74. The van der Waals surface area contributed by atoms with Gasteiger partial charge >= 0.3 is 5.97 Å². The summed E-state index contributed by atoms with van der Waals surface area (Å²) in [6.45, 7) is 0. The van der Waals surface area contributed by atoms with E-state index in [-0.39, 0.29) is 16.6 Å². The lowest BCUT2D eigenvalue weighted by atomic mass is 10.0. The van der Waals surface area contributed by atoms with Crippen LogP contribution < -0.4 is 10.6 Å². The summed E-state index contributed by atoms with van der Waals surface area (Å²) in [4.78, 5) is 36.4. The van der Waals surface area contributed by atoms with Gasteiger partial charge in [0.15, 0.2) is 0 Å². The third kappa shape index (κ3) is 3.13. The minimum absolute atomic E-state index is 0.0589. The minimum atomic E-state index is -0.559. The first-order valence-electron chi connectivity index (χ1n) is 7.87. The van der Waals surface area contributed by atoms with E-state index in [1.165, 1.54) is 7.11 Å². The van der Waals surface area contributed by atoms with E-state index < -0.39 is 12.0 Å². The molecule has 128 valence electrons. The van der Waals surface area contributed by atoms with Gasteiger partial charge in [0.2, 0.25) is 11.8 Å². The molecule has 1 aliphatic carbocycles. The molecule has 1 fully saturated rings. The van der Waals surface area contributed by atoms with Gasteiger partial charge in [-0.3, -0.25) is 9.59 Å². The van der Waals surface area contributed by atoms with Crippen molar-refractivity contribution in [3.05, 3.63) is 29.3 Å². The van der Waals surface area contributed by atoms with Crippen LogP contribution in [0.5, 0.6) is 0 Å². The third-order valence-corrected chi connectivity index (χ3v) is 5.99. The van der Waals surface area contributed by atoms with Crippen molar-refractivity contribution in [1.82, 2.24) is 5.32 Å². The van der Waals surface area contributed by atoms with E-state index in [2.05, 4.69) is 10.6 Å². The van der Waals surface area contributed by atoms with Crippen LogP contribution >= 0.6 is 11.8 Å². The Hall–Kier alpha value is -2.02. The van der Waals surface area contributed by atoms with Crippen LogP contribution in [-0.2, 0) is 20.7 Å². The molecule has 2 amide bonds. The number of methoxy groups -OCH3 is 1. The lowest BCUT2D eigenvalue weighted by Gasteiger charge is -2.19. The maximum Gasteiger partial charge on any atom is 0.337 e. The molecule has 1 unspecified atom stereocenters. The lowest BCUT2D eigenvalue weighted by molar-refractivity contribution is -0.126. The van der Waals surface area contributed by atoms with Crippen molar-refractivity contribution in [2.24, 2.45) is 0 Å². The van der Waals surface area contributed by atoms with E-state index in [1.807, 2.05) is 6.26 Å². The molecule has 1 heterocycles. The molecule has 6 nitrogen and oxygen atoms in total.